The summed E-state index contributed by atoms with van der Waals surface area (Å²) in [5.74, 6) is -0.784. The van der Waals surface area contributed by atoms with Gasteiger partial charge in [0, 0.05) is 23.1 Å². The van der Waals surface area contributed by atoms with Gasteiger partial charge in [0.1, 0.15) is 11.4 Å². The van der Waals surface area contributed by atoms with Gasteiger partial charge in [0.15, 0.2) is 11.6 Å². The van der Waals surface area contributed by atoms with Crippen molar-refractivity contribution in [1.29, 1.82) is 5.26 Å². The molecule has 0 aromatic heterocycles. The molecule has 0 saturated heterocycles. The lowest BCUT2D eigenvalue weighted by Gasteiger charge is -2.42. The van der Waals surface area contributed by atoms with Gasteiger partial charge in [-0.15, -0.1) is 0 Å². The number of aryl methyl sites for hydroxylation is 2. The van der Waals surface area contributed by atoms with Crippen LogP contribution in [0.5, 0.6) is 5.75 Å². The summed E-state index contributed by atoms with van der Waals surface area (Å²) in [4.78, 5) is 0. The molecule has 36 heavy (non-hydrogen) atoms. The minimum atomic E-state index is -0.896. The maximum absolute atomic E-state index is 14.2. The number of anilines is 2. The second-order valence-corrected chi connectivity index (χ2v) is 10.3. The van der Waals surface area contributed by atoms with Crippen LogP contribution in [0.15, 0.2) is 48.5 Å². The molecule has 3 aromatic carbocycles. The quantitative estimate of drug-likeness (QED) is 0.359. The average Bonchev–Trinajstić information content (AvgIpc) is 3.50. The molecule has 1 aliphatic heterocycles. The van der Waals surface area contributed by atoms with Gasteiger partial charge in [-0.3, -0.25) is 0 Å². The smallest absolute Gasteiger partial charge is 0.161 e. The molecule has 7 heteroatoms. The number of benzene rings is 3. The number of nitriles is 1. The normalized spacial score (nSPS) is 17.1. The van der Waals surface area contributed by atoms with E-state index in [1.165, 1.54) is 12.1 Å². The Morgan fingerprint density at radius 1 is 1.00 bits per heavy atom. The maximum Gasteiger partial charge on any atom is 0.161 e. The van der Waals surface area contributed by atoms with E-state index in [1.54, 1.807) is 0 Å². The minimum Gasteiger partial charge on any atom is -0.493 e. The first kappa shape index (κ1) is 24.4. The highest BCUT2D eigenvalue weighted by Gasteiger charge is 2.49. The first-order valence-corrected chi connectivity index (χ1v) is 12.6. The molecule has 4 nitrogen and oxygen atoms in total. The zero-order chi connectivity index (χ0) is 25.4. The third-order valence-electron chi connectivity index (χ3n) is 7.55. The molecule has 1 fully saturated rings. The van der Waals surface area contributed by atoms with E-state index in [0.29, 0.717) is 34.5 Å². The van der Waals surface area contributed by atoms with Gasteiger partial charge in [-0.05, 0) is 73.6 Å². The van der Waals surface area contributed by atoms with Gasteiger partial charge in [-0.25, -0.2) is 8.78 Å². The van der Waals surface area contributed by atoms with E-state index in [-0.39, 0.29) is 5.92 Å². The van der Waals surface area contributed by atoms with Crippen molar-refractivity contribution in [3.63, 3.8) is 0 Å². The fourth-order valence-electron chi connectivity index (χ4n) is 5.86. The van der Waals surface area contributed by atoms with Gasteiger partial charge in [-0.1, -0.05) is 36.6 Å². The topological polar surface area (TPSA) is 57.1 Å². The van der Waals surface area contributed by atoms with E-state index in [0.717, 1.165) is 48.1 Å². The van der Waals surface area contributed by atoms with Gasteiger partial charge in [0.05, 0.1) is 29.6 Å². The summed E-state index contributed by atoms with van der Waals surface area (Å²) < 4.78 is 34.9. The molecule has 0 bridgehead atoms. The van der Waals surface area contributed by atoms with Crippen LogP contribution in [0, 0.1) is 48.6 Å². The predicted octanol–water partition coefficient (Wildman–Crippen LogP) is 7.68. The average molecular weight is 508 g/mol. The van der Waals surface area contributed by atoms with Crippen molar-refractivity contribution in [3.8, 4) is 11.8 Å². The number of hydrogen-bond donors (Lipinski definition) is 2. The van der Waals surface area contributed by atoms with E-state index in [4.69, 9.17) is 16.3 Å². The van der Waals surface area contributed by atoms with Crippen molar-refractivity contribution in [2.75, 3.05) is 17.2 Å². The van der Waals surface area contributed by atoms with Crippen molar-refractivity contribution >= 4 is 23.0 Å². The number of fused-ring (bicyclic) bond motifs is 1. The molecular weight excluding hydrogens is 480 g/mol. The van der Waals surface area contributed by atoms with E-state index in [9.17, 15) is 14.0 Å². The number of nitrogens with one attached hydrogen (secondary N) is 2. The number of nitrogens with zero attached hydrogens (tertiary/aromatic N) is 1. The summed E-state index contributed by atoms with van der Waals surface area (Å²) in [6.07, 6.45) is 4.33. The van der Waals surface area contributed by atoms with Gasteiger partial charge in [-0.2, -0.15) is 5.26 Å². The third-order valence-corrected chi connectivity index (χ3v) is 7.80. The van der Waals surface area contributed by atoms with Gasteiger partial charge < -0.3 is 15.4 Å². The summed E-state index contributed by atoms with van der Waals surface area (Å²) in [5.41, 5.74) is 3.49. The molecular formula is C29H28ClF2N3O. The first-order chi connectivity index (χ1) is 17.3. The van der Waals surface area contributed by atoms with Crippen molar-refractivity contribution in [2.45, 2.75) is 45.2 Å². The van der Waals surface area contributed by atoms with E-state index in [1.807, 2.05) is 50.2 Å². The van der Waals surface area contributed by atoms with Crippen LogP contribution >= 0.6 is 11.6 Å². The Balaban J connectivity index is 1.57. The molecule has 1 heterocycles. The summed E-state index contributed by atoms with van der Waals surface area (Å²) >= 11 is 6.21. The molecule has 5 rings (SSSR count). The fraction of sp³-hybridized carbons (Fsp3) is 0.345. The Bertz CT molecular complexity index is 1280. The molecule has 0 radical (unpaired) electrons. The van der Waals surface area contributed by atoms with Crippen molar-refractivity contribution in [1.82, 2.24) is 0 Å². The van der Waals surface area contributed by atoms with Crippen molar-refractivity contribution in [3.05, 3.63) is 87.4 Å². The Hall–Kier alpha value is -3.30. The zero-order valence-electron chi connectivity index (χ0n) is 20.3. The fourth-order valence-corrected chi connectivity index (χ4v) is 5.98. The number of ether oxygens (including phenoxy) is 1. The third kappa shape index (κ3) is 4.37. The monoisotopic (exact) mass is 507 g/mol. The van der Waals surface area contributed by atoms with Gasteiger partial charge in [0.2, 0.25) is 0 Å². The van der Waals surface area contributed by atoms with Crippen LogP contribution in [-0.4, -0.2) is 6.61 Å². The SMILES string of the molecule is Cc1cc(C#N)cc(C)c1OCC(C1CCCC1)C1(c2ccc(Cl)cc2)Nc2cc(F)c(F)cc2N1. The van der Waals surface area contributed by atoms with Crippen LogP contribution in [0.2, 0.25) is 5.02 Å². The predicted molar refractivity (Wildman–Crippen MR) is 138 cm³/mol. The van der Waals surface area contributed by atoms with Crippen LogP contribution in [0.3, 0.4) is 0 Å². The Kier molecular flexibility index (Phi) is 6.53. The molecule has 2 N–H and O–H groups in total. The Labute approximate surface area is 215 Å². The van der Waals surface area contributed by atoms with E-state index in [2.05, 4.69) is 16.7 Å². The molecule has 0 spiro atoms. The Morgan fingerprint density at radius 2 is 1.56 bits per heavy atom. The van der Waals surface area contributed by atoms with Crippen LogP contribution in [0.25, 0.3) is 0 Å². The summed E-state index contributed by atoms with van der Waals surface area (Å²) in [6.45, 7) is 4.26. The summed E-state index contributed by atoms with van der Waals surface area (Å²) in [7, 11) is 0. The van der Waals surface area contributed by atoms with Crippen molar-refractivity contribution < 1.29 is 13.5 Å². The zero-order valence-corrected chi connectivity index (χ0v) is 21.1. The molecule has 0 amide bonds. The Morgan fingerprint density at radius 3 is 2.08 bits per heavy atom. The first-order valence-electron chi connectivity index (χ1n) is 12.3. The van der Waals surface area contributed by atoms with Crippen LogP contribution in [0.1, 0.15) is 47.9 Å². The molecule has 1 atom stereocenters. The number of hydrogen-bond acceptors (Lipinski definition) is 4. The highest BCUT2D eigenvalue weighted by Crippen LogP contribution is 2.50. The van der Waals surface area contributed by atoms with Gasteiger partial charge >= 0.3 is 0 Å². The highest BCUT2D eigenvalue weighted by atomic mass is 35.5. The van der Waals surface area contributed by atoms with Crippen LogP contribution in [-0.2, 0) is 5.66 Å². The van der Waals surface area contributed by atoms with E-state index >= 15 is 0 Å². The second-order valence-electron chi connectivity index (χ2n) is 9.89. The molecule has 3 aromatic rings. The number of rotatable bonds is 6. The van der Waals surface area contributed by atoms with Crippen LogP contribution in [0.4, 0.5) is 20.2 Å². The molecule has 1 aliphatic carbocycles. The largest absolute Gasteiger partial charge is 0.493 e. The lowest BCUT2D eigenvalue weighted by Crippen LogP contribution is -2.51. The molecule has 2 aliphatic rings. The summed E-state index contributed by atoms with van der Waals surface area (Å²) in [6, 6.07) is 15.8. The standard InChI is InChI=1S/C29H28ClF2N3O/c1-17-11-19(15-33)12-18(2)28(17)36-16-23(20-5-3-4-6-20)29(21-7-9-22(30)10-8-21)34-26-13-24(31)25(32)14-27(26)35-29/h7-14,20,23,34-35H,3-6,16H2,1-2H3. The molecule has 1 saturated carbocycles. The van der Waals surface area contributed by atoms with E-state index < -0.39 is 17.3 Å². The molecule has 186 valence electrons. The van der Waals surface area contributed by atoms with Crippen LogP contribution < -0.4 is 15.4 Å². The van der Waals surface area contributed by atoms with Gasteiger partial charge in [0.25, 0.3) is 0 Å². The second kappa shape index (κ2) is 9.63. The maximum atomic E-state index is 14.2. The lowest BCUT2D eigenvalue weighted by molar-refractivity contribution is 0.138. The highest BCUT2D eigenvalue weighted by molar-refractivity contribution is 6.30. The lowest BCUT2D eigenvalue weighted by atomic mass is 9.77. The molecule has 1 unspecified atom stereocenters. The minimum absolute atomic E-state index is 0.0749. The summed E-state index contributed by atoms with van der Waals surface area (Å²) in [5, 5.41) is 17.0. The number of halogens is 3. The van der Waals surface area contributed by atoms with Crippen molar-refractivity contribution in [2.24, 2.45) is 11.8 Å².